The summed E-state index contributed by atoms with van der Waals surface area (Å²) in [6.07, 6.45) is 1.86. The van der Waals surface area contributed by atoms with Crippen molar-refractivity contribution in [3.05, 3.63) is 11.9 Å². The van der Waals surface area contributed by atoms with Gasteiger partial charge in [-0.05, 0) is 13.8 Å². The second-order valence-corrected chi connectivity index (χ2v) is 2.72. The molecule has 0 bridgehead atoms. The van der Waals surface area contributed by atoms with Crippen molar-refractivity contribution in [2.75, 3.05) is 0 Å². The van der Waals surface area contributed by atoms with E-state index >= 15 is 0 Å². The van der Waals surface area contributed by atoms with E-state index in [-0.39, 0.29) is 5.37 Å². The first-order chi connectivity index (χ1) is 4.20. The van der Waals surface area contributed by atoms with Crippen molar-refractivity contribution in [2.24, 2.45) is 0 Å². The Bertz CT molecular complexity index is 194. The molecule has 1 aromatic rings. The van der Waals surface area contributed by atoms with Crippen molar-refractivity contribution in [3.63, 3.8) is 0 Å². The minimum atomic E-state index is 0.117. The van der Waals surface area contributed by atoms with Crippen molar-refractivity contribution < 1.29 is 0 Å². The van der Waals surface area contributed by atoms with Crippen LogP contribution in [0.2, 0.25) is 0 Å². The molecule has 0 amide bonds. The molecule has 0 aromatic carbocycles. The lowest BCUT2D eigenvalue weighted by atomic mass is 10.6. The Labute approximate surface area is 59.5 Å². The zero-order chi connectivity index (χ0) is 6.85. The SMILES string of the molecule is Cc1cn(C(C)S)nn1. The molecule has 0 saturated heterocycles. The van der Waals surface area contributed by atoms with Gasteiger partial charge < -0.3 is 0 Å². The third-order valence-corrected chi connectivity index (χ3v) is 1.24. The van der Waals surface area contributed by atoms with Gasteiger partial charge in [-0.3, -0.25) is 0 Å². The third kappa shape index (κ3) is 1.45. The number of hydrogen-bond acceptors (Lipinski definition) is 3. The Morgan fingerprint density at radius 2 is 2.44 bits per heavy atom. The van der Waals surface area contributed by atoms with Crippen molar-refractivity contribution >= 4 is 12.6 Å². The highest BCUT2D eigenvalue weighted by Crippen LogP contribution is 2.06. The van der Waals surface area contributed by atoms with E-state index in [1.54, 1.807) is 4.68 Å². The Morgan fingerprint density at radius 3 is 2.67 bits per heavy atom. The molecule has 1 rings (SSSR count). The van der Waals surface area contributed by atoms with Crippen molar-refractivity contribution in [1.82, 2.24) is 15.0 Å². The van der Waals surface area contributed by atoms with Crippen molar-refractivity contribution in [3.8, 4) is 0 Å². The average molecular weight is 143 g/mol. The fourth-order valence-electron chi connectivity index (χ4n) is 0.548. The predicted molar refractivity (Wildman–Crippen MR) is 38.5 cm³/mol. The highest BCUT2D eigenvalue weighted by atomic mass is 32.1. The van der Waals surface area contributed by atoms with Crippen LogP contribution in [0.15, 0.2) is 6.20 Å². The molecule has 0 aliphatic carbocycles. The molecule has 0 aliphatic heterocycles. The van der Waals surface area contributed by atoms with Gasteiger partial charge in [0.2, 0.25) is 0 Å². The summed E-state index contributed by atoms with van der Waals surface area (Å²) >= 11 is 4.16. The molecule has 0 spiro atoms. The summed E-state index contributed by atoms with van der Waals surface area (Å²) in [5, 5.41) is 7.72. The van der Waals surface area contributed by atoms with Crippen LogP contribution in [-0.4, -0.2) is 15.0 Å². The van der Waals surface area contributed by atoms with Crippen LogP contribution in [0, 0.1) is 6.92 Å². The summed E-state index contributed by atoms with van der Waals surface area (Å²) in [7, 11) is 0. The van der Waals surface area contributed by atoms with Crippen molar-refractivity contribution in [2.45, 2.75) is 19.2 Å². The molecule has 1 heterocycles. The zero-order valence-corrected chi connectivity index (χ0v) is 6.34. The minimum Gasteiger partial charge on any atom is -0.240 e. The molecule has 9 heavy (non-hydrogen) atoms. The Morgan fingerprint density at radius 1 is 1.78 bits per heavy atom. The smallest absolute Gasteiger partial charge is 0.0932 e. The monoisotopic (exact) mass is 143 g/mol. The van der Waals surface area contributed by atoms with Gasteiger partial charge in [0.15, 0.2) is 0 Å². The highest BCUT2D eigenvalue weighted by molar-refractivity contribution is 7.80. The standard InChI is InChI=1S/C5H9N3S/c1-4-3-8(5(2)9)7-6-4/h3,5,9H,1-2H3. The van der Waals surface area contributed by atoms with Gasteiger partial charge in [0.1, 0.15) is 0 Å². The van der Waals surface area contributed by atoms with E-state index in [1.807, 2.05) is 20.0 Å². The van der Waals surface area contributed by atoms with Crippen LogP contribution in [0.5, 0.6) is 0 Å². The molecule has 0 radical (unpaired) electrons. The molecule has 1 aromatic heterocycles. The molecular formula is C5H9N3S. The Hall–Kier alpha value is -0.510. The van der Waals surface area contributed by atoms with E-state index in [1.165, 1.54) is 0 Å². The minimum absolute atomic E-state index is 0.117. The zero-order valence-electron chi connectivity index (χ0n) is 5.44. The first kappa shape index (κ1) is 6.61. The fourth-order valence-corrected chi connectivity index (χ4v) is 0.661. The molecule has 0 fully saturated rings. The van der Waals surface area contributed by atoms with Gasteiger partial charge in [-0.2, -0.15) is 12.6 Å². The first-order valence-corrected chi connectivity index (χ1v) is 3.28. The van der Waals surface area contributed by atoms with Gasteiger partial charge in [0.05, 0.1) is 11.1 Å². The summed E-state index contributed by atoms with van der Waals surface area (Å²) in [6, 6.07) is 0. The maximum absolute atomic E-state index is 4.16. The van der Waals surface area contributed by atoms with Gasteiger partial charge >= 0.3 is 0 Å². The molecule has 0 aliphatic rings. The lowest BCUT2D eigenvalue weighted by Gasteiger charge is -1.99. The van der Waals surface area contributed by atoms with Gasteiger partial charge in [0.25, 0.3) is 0 Å². The lowest BCUT2D eigenvalue weighted by molar-refractivity contribution is 0.615. The first-order valence-electron chi connectivity index (χ1n) is 2.76. The summed E-state index contributed by atoms with van der Waals surface area (Å²) in [4.78, 5) is 0. The van der Waals surface area contributed by atoms with E-state index < -0.39 is 0 Å². The molecule has 0 N–H and O–H groups in total. The summed E-state index contributed by atoms with van der Waals surface area (Å²) < 4.78 is 1.71. The normalized spacial score (nSPS) is 13.7. The van der Waals surface area contributed by atoms with Crippen LogP contribution in [0.25, 0.3) is 0 Å². The second kappa shape index (κ2) is 2.39. The number of hydrogen-bond donors (Lipinski definition) is 1. The molecule has 0 saturated carbocycles. The average Bonchev–Trinajstić information content (AvgIpc) is 2.14. The fraction of sp³-hybridized carbons (Fsp3) is 0.600. The van der Waals surface area contributed by atoms with E-state index in [0.29, 0.717) is 0 Å². The maximum Gasteiger partial charge on any atom is 0.0932 e. The Kier molecular flexibility index (Phi) is 1.75. The third-order valence-electron chi connectivity index (χ3n) is 1.01. The van der Waals surface area contributed by atoms with E-state index in [9.17, 15) is 0 Å². The number of thiol groups is 1. The predicted octanol–water partition coefficient (Wildman–Crippen LogP) is 1.03. The second-order valence-electron chi connectivity index (χ2n) is 1.97. The number of rotatable bonds is 1. The summed E-state index contributed by atoms with van der Waals surface area (Å²) in [5.74, 6) is 0. The van der Waals surface area contributed by atoms with Crippen LogP contribution in [0.1, 0.15) is 18.0 Å². The maximum atomic E-state index is 4.16. The molecule has 4 heteroatoms. The van der Waals surface area contributed by atoms with E-state index in [2.05, 4.69) is 22.9 Å². The molecular weight excluding hydrogens is 134 g/mol. The lowest BCUT2D eigenvalue weighted by Crippen LogP contribution is -1.98. The largest absolute Gasteiger partial charge is 0.240 e. The van der Waals surface area contributed by atoms with Crippen LogP contribution >= 0.6 is 12.6 Å². The van der Waals surface area contributed by atoms with E-state index in [4.69, 9.17) is 0 Å². The topological polar surface area (TPSA) is 30.7 Å². The van der Waals surface area contributed by atoms with Gasteiger partial charge in [-0.15, -0.1) is 5.10 Å². The van der Waals surface area contributed by atoms with Crippen molar-refractivity contribution in [1.29, 1.82) is 0 Å². The molecule has 50 valence electrons. The highest BCUT2D eigenvalue weighted by Gasteiger charge is 1.97. The Balaban J connectivity index is 2.85. The van der Waals surface area contributed by atoms with Gasteiger partial charge in [-0.1, -0.05) is 5.21 Å². The van der Waals surface area contributed by atoms with Crippen LogP contribution < -0.4 is 0 Å². The van der Waals surface area contributed by atoms with Gasteiger partial charge in [0, 0.05) is 6.20 Å². The summed E-state index contributed by atoms with van der Waals surface area (Å²) in [6.45, 7) is 3.84. The summed E-state index contributed by atoms with van der Waals surface area (Å²) in [5.41, 5.74) is 0.927. The van der Waals surface area contributed by atoms with E-state index in [0.717, 1.165) is 5.69 Å². The number of nitrogens with zero attached hydrogens (tertiary/aromatic N) is 3. The quantitative estimate of drug-likeness (QED) is 0.595. The van der Waals surface area contributed by atoms with Gasteiger partial charge in [-0.25, -0.2) is 4.68 Å². The molecule has 1 atom stereocenters. The molecule has 1 unspecified atom stereocenters. The van der Waals surface area contributed by atoms with Crippen LogP contribution in [-0.2, 0) is 0 Å². The number of aryl methyl sites for hydroxylation is 1. The van der Waals surface area contributed by atoms with Crippen LogP contribution in [0.3, 0.4) is 0 Å². The van der Waals surface area contributed by atoms with Crippen LogP contribution in [0.4, 0.5) is 0 Å². The molecule has 3 nitrogen and oxygen atoms in total. The number of aromatic nitrogens is 3.